The number of fused-ring (bicyclic) bond motifs is 2. The van der Waals surface area contributed by atoms with Crippen LogP contribution in [0.2, 0.25) is 0 Å². The number of rotatable bonds is 4. The first kappa shape index (κ1) is 23.6. The smallest absolute Gasteiger partial charge is 0.227 e. The van der Waals surface area contributed by atoms with E-state index in [1.165, 1.54) is 27.5 Å². The Bertz CT molecular complexity index is 2040. The molecule has 0 aliphatic rings. The fraction of sp³-hybridized carbons (Fsp3) is 0.0270. The molecule has 0 amide bonds. The Morgan fingerprint density at radius 2 is 1.00 bits per heavy atom. The van der Waals surface area contributed by atoms with Gasteiger partial charge in [-0.25, -0.2) is 4.98 Å². The summed E-state index contributed by atoms with van der Waals surface area (Å²) < 4.78 is 6.00. The number of hydrogen-bond acceptors (Lipinski definition) is 3. The van der Waals surface area contributed by atoms with E-state index in [-0.39, 0.29) is 0 Å². The minimum atomic E-state index is 0.642. The minimum Gasteiger partial charge on any atom is -0.436 e. The van der Waals surface area contributed by atoms with E-state index in [9.17, 15) is 0 Å². The van der Waals surface area contributed by atoms with Crippen LogP contribution in [0.1, 0.15) is 11.1 Å². The van der Waals surface area contributed by atoms with Crippen LogP contribution in [-0.2, 0) is 0 Å². The largest absolute Gasteiger partial charge is 0.436 e. The Kier molecular flexibility index (Phi) is 5.73. The summed E-state index contributed by atoms with van der Waals surface area (Å²) in [5.41, 5.74) is 11.4. The molecule has 0 fully saturated rings. The van der Waals surface area contributed by atoms with Crippen LogP contribution in [0.5, 0.6) is 0 Å². The van der Waals surface area contributed by atoms with E-state index in [0.717, 1.165) is 38.9 Å². The van der Waals surface area contributed by atoms with Crippen molar-refractivity contribution in [3.8, 4) is 50.9 Å². The van der Waals surface area contributed by atoms with Crippen molar-refractivity contribution in [2.45, 2.75) is 6.92 Å². The number of nitrogens with zero attached hydrogens (tertiary/aromatic N) is 2. The van der Waals surface area contributed by atoms with E-state index in [1.54, 1.807) is 0 Å². The molecule has 0 aliphatic heterocycles. The first-order chi connectivity index (χ1) is 19.6. The molecule has 7 aromatic rings. The summed E-state index contributed by atoms with van der Waals surface area (Å²) in [6.45, 7) is 2.05. The predicted octanol–water partition coefficient (Wildman–Crippen LogP) is 9.83. The molecule has 0 aliphatic carbocycles. The van der Waals surface area contributed by atoms with Gasteiger partial charge in [0.25, 0.3) is 0 Å². The average Bonchev–Trinajstić information content (AvgIpc) is 3.44. The van der Waals surface area contributed by atoms with Crippen molar-refractivity contribution in [2.75, 3.05) is 0 Å². The molecule has 3 heteroatoms. The van der Waals surface area contributed by atoms with Crippen LogP contribution >= 0.6 is 0 Å². The van der Waals surface area contributed by atoms with Gasteiger partial charge in [0.05, 0.1) is 11.6 Å². The highest BCUT2D eigenvalue weighted by atomic mass is 16.3. The van der Waals surface area contributed by atoms with E-state index in [1.807, 2.05) is 36.4 Å². The number of oxazole rings is 1. The molecule has 188 valence electrons. The summed E-state index contributed by atoms with van der Waals surface area (Å²) in [4.78, 5) is 4.65. The first-order valence-corrected chi connectivity index (χ1v) is 13.3. The molecule has 1 aromatic heterocycles. The summed E-state index contributed by atoms with van der Waals surface area (Å²) in [6.07, 6.45) is 0. The topological polar surface area (TPSA) is 49.8 Å². The molecule has 0 saturated heterocycles. The highest BCUT2D eigenvalue weighted by Gasteiger charge is 2.09. The van der Waals surface area contributed by atoms with Crippen LogP contribution in [0.3, 0.4) is 0 Å². The number of aromatic nitrogens is 1. The van der Waals surface area contributed by atoms with Gasteiger partial charge in [-0.15, -0.1) is 0 Å². The Morgan fingerprint density at radius 1 is 0.525 bits per heavy atom. The van der Waals surface area contributed by atoms with Crippen molar-refractivity contribution in [1.82, 2.24) is 4.98 Å². The van der Waals surface area contributed by atoms with E-state index >= 15 is 0 Å². The molecule has 1 heterocycles. The Balaban J connectivity index is 1.12. The molecule has 6 aromatic carbocycles. The van der Waals surface area contributed by atoms with Crippen LogP contribution in [-0.4, -0.2) is 4.98 Å². The lowest BCUT2D eigenvalue weighted by Crippen LogP contribution is -1.84. The Labute approximate surface area is 232 Å². The summed E-state index contributed by atoms with van der Waals surface area (Å²) in [6, 6.07) is 46.1. The molecule has 0 N–H and O–H groups in total. The van der Waals surface area contributed by atoms with Gasteiger partial charge >= 0.3 is 0 Å². The normalized spacial score (nSPS) is 11.1. The predicted molar refractivity (Wildman–Crippen MR) is 163 cm³/mol. The van der Waals surface area contributed by atoms with Gasteiger partial charge in [-0.1, -0.05) is 78.9 Å². The molecule has 40 heavy (non-hydrogen) atoms. The number of nitriles is 1. The summed E-state index contributed by atoms with van der Waals surface area (Å²) in [5, 5.41) is 11.4. The van der Waals surface area contributed by atoms with E-state index in [4.69, 9.17) is 9.68 Å². The van der Waals surface area contributed by atoms with Crippen LogP contribution < -0.4 is 0 Å². The monoisotopic (exact) mass is 512 g/mol. The number of hydrogen-bond donors (Lipinski definition) is 0. The van der Waals surface area contributed by atoms with Crippen molar-refractivity contribution in [1.29, 1.82) is 5.26 Å². The lowest BCUT2D eigenvalue weighted by molar-refractivity contribution is 0.619. The van der Waals surface area contributed by atoms with Crippen molar-refractivity contribution >= 4 is 21.9 Å². The van der Waals surface area contributed by atoms with Crippen molar-refractivity contribution in [2.24, 2.45) is 0 Å². The zero-order valence-corrected chi connectivity index (χ0v) is 21.9. The van der Waals surface area contributed by atoms with E-state index in [2.05, 4.69) is 109 Å². The molecular weight excluding hydrogens is 488 g/mol. The third kappa shape index (κ3) is 4.42. The quantitative estimate of drug-likeness (QED) is 0.236. The summed E-state index contributed by atoms with van der Waals surface area (Å²) >= 11 is 0. The third-order valence-corrected chi connectivity index (χ3v) is 7.41. The summed E-state index contributed by atoms with van der Waals surface area (Å²) in [7, 11) is 0. The second kappa shape index (κ2) is 9.69. The fourth-order valence-electron chi connectivity index (χ4n) is 5.16. The zero-order chi connectivity index (χ0) is 27.1. The highest BCUT2D eigenvalue weighted by Crippen LogP contribution is 2.32. The maximum atomic E-state index is 9.03. The van der Waals surface area contributed by atoms with E-state index in [0.29, 0.717) is 11.5 Å². The lowest BCUT2D eigenvalue weighted by Gasteiger charge is -2.09. The van der Waals surface area contributed by atoms with Gasteiger partial charge in [0.1, 0.15) is 5.52 Å². The van der Waals surface area contributed by atoms with Gasteiger partial charge in [-0.3, -0.25) is 0 Å². The standard InChI is InChI=1S/C37H24N2O/c1-24-2-19-35-36(20-24)40-37(39-35)30-13-11-29(12-14-30)32-16-18-33-21-31(15-17-34(33)22-32)28-9-7-27(8-10-28)26-5-3-25(23-38)4-6-26/h2-22H,1H3. The lowest BCUT2D eigenvalue weighted by atomic mass is 9.96. The summed E-state index contributed by atoms with van der Waals surface area (Å²) in [5.74, 6) is 0.642. The van der Waals surface area contributed by atoms with Crippen LogP contribution in [0.4, 0.5) is 0 Å². The highest BCUT2D eigenvalue weighted by molar-refractivity contribution is 5.91. The van der Waals surface area contributed by atoms with Gasteiger partial charge in [-0.05, 0) is 105 Å². The van der Waals surface area contributed by atoms with Gasteiger partial charge in [0.2, 0.25) is 5.89 Å². The molecule has 0 spiro atoms. The van der Waals surface area contributed by atoms with Crippen molar-refractivity contribution in [3.63, 3.8) is 0 Å². The maximum absolute atomic E-state index is 9.03. The second-order valence-corrected chi connectivity index (χ2v) is 10.1. The van der Waals surface area contributed by atoms with Crippen molar-refractivity contribution in [3.05, 3.63) is 139 Å². The average molecular weight is 513 g/mol. The van der Waals surface area contributed by atoms with Crippen LogP contribution in [0.15, 0.2) is 132 Å². The number of benzene rings is 6. The Morgan fingerprint density at radius 3 is 1.55 bits per heavy atom. The molecule has 0 unspecified atom stereocenters. The van der Waals surface area contributed by atoms with Gasteiger partial charge in [0.15, 0.2) is 5.58 Å². The molecule has 0 bridgehead atoms. The molecule has 0 radical (unpaired) electrons. The van der Waals surface area contributed by atoms with E-state index < -0.39 is 0 Å². The van der Waals surface area contributed by atoms with Gasteiger partial charge < -0.3 is 4.42 Å². The Hall–Kier alpha value is -5.46. The van der Waals surface area contributed by atoms with Crippen LogP contribution in [0, 0.1) is 18.3 Å². The molecule has 0 saturated carbocycles. The van der Waals surface area contributed by atoms with Gasteiger partial charge in [0, 0.05) is 5.56 Å². The maximum Gasteiger partial charge on any atom is 0.227 e. The molecule has 0 atom stereocenters. The first-order valence-electron chi connectivity index (χ1n) is 13.3. The number of aryl methyl sites for hydroxylation is 1. The van der Waals surface area contributed by atoms with Crippen LogP contribution in [0.25, 0.3) is 66.7 Å². The third-order valence-electron chi connectivity index (χ3n) is 7.41. The second-order valence-electron chi connectivity index (χ2n) is 10.1. The molecular formula is C37H24N2O. The van der Waals surface area contributed by atoms with Crippen molar-refractivity contribution < 1.29 is 4.42 Å². The zero-order valence-electron chi connectivity index (χ0n) is 21.9. The molecule has 7 rings (SSSR count). The minimum absolute atomic E-state index is 0.642. The fourth-order valence-corrected chi connectivity index (χ4v) is 5.16. The van der Waals surface area contributed by atoms with Gasteiger partial charge in [-0.2, -0.15) is 5.26 Å². The SMILES string of the molecule is Cc1ccc2nc(-c3ccc(-c4ccc5cc(-c6ccc(-c7ccc(C#N)cc7)cc6)ccc5c4)cc3)oc2c1. The molecule has 3 nitrogen and oxygen atoms in total.